The lowest BCUT2D eigenvalue weighted by Gasteiger charge is -2.09. The molecule has 2 heterocycles. The van der Waals surface area contributed by atoms with Gasteiger partial charge < -0.3 is 5.84 Å². The van der Waals surface area contributed by atoms with Crippen LogP contribution in [0.3, 0.4) is 0 Å². The summed E-state index contributed by atoms with van der Waals surface area (Å²) in [5, 5.41) is 12.8. The Bertz CT molecular complexity index is 763. The predicted octanol–water partition coefficient (Wildman–Crippen LogP) is 2.45. The van der Waals surface area contributed by atoms with Crippen LogP contribution in [0, 0.1) is 11.3 Å². The average molecular weight is 342 g/mol. The molecule has 0 saturated heterocycles. The molecule has 0 saturated carbocycles. The van der Waals surface area contributed by atoms with Crippen molar-refractivity contribution in [3.8, 4) is 6.07 Å². The topological polar surface area (TPSA) is 78.9 Å². The Morgan fingerprint density at radius 2 is 1.90 bits per heavy atom. The summed E-state index contributed by atoms with van der Waals surface area (Å²) in [6.45, 7) is 0. The van der Waals surface area contributed by atoms with E-state index in [1.165, 1.54) is 0 Å². The molecule has 0 aliphatic carbocycles. The molecule has 2 aromatic rings. The smallest absolute Gasteiger partial charge is 0.169 e. The fraction of sp³-hybridized carbons (Fsp3) is 0.0769. The number of hydrogen-bond acceptors (Lipinski definition) is 4. The van der Waals surface area contributed by atoms with Gasteiger partial charge in [0.15, 0.2) is 12.4 Å². The Morgan fingerprint density at radius 1 is 1.29 bits per heavy atom. The third kappa shape index (κ3) is 2.93. The highest BCUT2D eigenvalue weighted by Gasteiger charge is 2.21. The third-order valence-corrected chi connectivity index (χ3v) is 3.87. The fourth-order valence-corrected chi connectivity index (χ4v) is 2.41. The van der Waals surface area contributed by atoms with Gasteiger partial charge in [0.1, 0.15) is 35.2 Å². The Hall–Kier alpha value is -1.87. The van der Waals surface area contributed by atoms with Gasteiger partial charge in [-0.05, 0) is 0 Å². The number of halogens is 3. The Kier molecular flexibility index (Phi) is 4.63. The van der Waals surface area contributed by atoms with Gasteiger partial charge in [0.05, 0.1) is 10.0 Å². The number of pyridine rings is 2. The van der Waals surface area contributed by atoms with Gasteiger partial charge in [-0.2, -0.15) is 10.4 Å². The minimum Gasteiger partial charge on any atom is -0.323 e. The zero-order valence-corrected chi connectivity index (χ0v) is 13.1. The van der Waals surface area contributed by atoms with Crippen LogP contribution in [0.2, 0.25) is 15.2 Å². The van der Waals surface area contributed by atoms with Crippen molar-refractivity contribution >= 4 is 40.5 Å². The average Bonchev–Trinajstić information content (AvgIpc) is 2.47. The largest absolute Gasteiger partial charge is 0.323 e. The van der Waals surface area contributed by atoms with E-state index in [-0.39, 0.29) is 26.5 Å². The van der Waals surface area contributed by atoms with E-state index < -0.39 is 0 Å². The summed E-state index contributed by atoms with van der Waals surface area (Å²) in [6.07, 6.45) is 3.64. The van der Waals surface area contributed by atoms with Gasteiger partial charge in [-0.25, -0.2) is 9.55 Å². The molecule has 0 radical (unpaired) electrons. The molecule has 2 rings (SSSR count). The zero-order valence-electron chi connectivity index (χ0n) is 10.8. The number of hydrogen-bond donors (Lipinski definition) is 1. The van der Waals surface area contributed by atoms with Crippen LogP contribution in [0.4, 0.5) is 0 Å². The molecule has 5 nitrogen and oxygen atoms in total. The van der Waals surface area contributed by atoms with E-state index in [0.29, 0.717) is 11.3 Å². The fourth-order valence-electron chi connectivity index (χ4n) is 1.69. The quantitative estimate of drug-likeness (QED) is 0.299. The molecule has 0 fully saturated rings. The summed E-state index contributed by atoms with van der Waals surface area (Å²) in [5.41, 5.74) is 1.26. The van der Waals surface area contributed by atoms with E-state index in [1.54, 1.807) is 12.1 Å². The molecule has 0 atom stereocenters. The summed E-state index contributed by atoms with van der Waals surface area (Å²) in [7, 11) is 1.88. The molecule has 0 unspecified atom stereocenters. The second-order valence-electron chi connectivity index (χ2n) is 4.10. The molecule has 0 spiro atoms. The van der Waals surface area contributed by atoms with Crippen LogP contribution >= 0.6 is 34.8 Å². The minimum atomic E-state index is -0.0514. The van der Waals surface area contributed by atoms with Crippen LogP contribution < -0.4 is 10.4 Å². The second kappa shape index (κ2) is 6.27. The lowest BCUT2D eigenvalue weighted by atomic mass is 10.1. The van der Waals surface area contributed by atoms with Crippen molar-refractivity contribution in [3.05, 3.63) is 56.5 Å². The van der Waals surface area contributed by atoms with Gasteiger partial charge in [0, 0.05) is 17.7 Å². The van der Waals surface area contributed by atoms with Gasteiger partial charge in [-0.3, -0.25) is 0 Å². The summed E-state index contributed by atoms with van der Waals surface area (Å²) in [6, 6.07) is 5.44. The summed E-state index contributed by atoms with van der Waals surface area (Å²) in [4.78, 5) is 4.08. The maximum Gasteiger partial charge on any atom is 0.169 e. The second-order valence-corrected chi connectivity index (χ2v) is 5.21. The number of nitrogens with zero attached hydrogens (tertiary/aromatic N) is 4. The number of nitrogens with two attached hydrogens (primary N) is 1. The summed E-state index contributed by atoms with van der Waals surface area (Å²) < 4.78 is 1.85. The lowest BCUT2D eigenvalue weighted by molar-refractivity contribution is -0.671. The standard InChI is InChI=1S/C13H8Cl3N5/c1-21-4-2-7(3-5-21)11(20-18)12-10(15)9(14)8(6-17)13(16)19-12/h2-5,18H,1H3/p+1. The van der Waals surface area contributed by atoms with Crippen LogP contribution in [0.25, 0.3) is 0 Å². The maximum atomic E-state index is 8.98. The van der Waals surface area contributed by atoms with Gasteiger partial charge in [-0.15, -0.1) is 0 Å². The Balaban J connectivity index is 2.65. The first-order chi connectivity index (χ1) is 9.99. The molecule has 2 aromatic heterocycles. The predicted molar refractivity (Wildman–Crippen MR) is 81.4 cm³/mol. The Morgan fingerprint density at radius 3 is 2.43 bits per heavy atom. The van der Waals surface area contributed by atoms with Crippen LogP contribution in [-0.4, -0.2) is 10.7 Å². The first-order valence-corrected chi connectivity index (χ1v) is 6.81. The first kappa shape index (κ1) is 15.5. The van der Waals surface area contributed by atoms with Crippen molar-refractivity contribution in [2.24, 2.45) is 18.0 Å². The van der Waals surface area contributed by atoms with E-state index in [0.717, 1.165) is 0 Å². The third-order valence-electron chi connectivity index (χ3n) is 2.75. The molecule has 106 valence electrons. The van der Waals surface area contributed by atoms with Crippen LogP contribution in [0.1, 0.15) is 16.8 Å². The van der Waals surface area contributed by atoms with Crippen molar-refractivity contribution in [2.45, 2.75) is 0 Å². The van der Waals surface area contributed by atoms with Crippen molar-refractivity contribution in [2.75, 3.05) is 0 Å². The molecule has 8 heteroatoms. The van der Waals surface area contributed by atoms with Crippen LogP contribution in [0.15, 0.2) is 29.6 Å². The molecular weight excluding hydrogens is 333 g/mol. The summed E-state index contributed by atoms with van der Waals surface area (Å²) in [5.74, 6) is 5.45. The SMILES string of the molecule is C[n+]1ccc(/C(=N\N)c2nc(Cl)c(C#N)c(Cl)c2Cl)cc1. The molecule has 0 aliphatic heterocycles. The van der Waals surface area contributed by atoms with Crippen molar-refractivity contribution < 1.29 is 4.57 Å². The molecule has 0 aromatic carbocycles. The molecular formula is C13H9Cl3N5+. The van der Waals surface area contributed by atoms with E-state index in [4.69, 9.17) is 45.9 Å². The number of hydrazone groups is 1. The highest BCUT2D eigenvalue weighted by atomic mass is 35.5. The van der Waals surface area contributed by atoms with Gasteiger partial charge in [-0.1, -0.05) is 34.8 Å². The molecule has 2 N–H and O–H groups in total. The van der Waals surface area contributed by atoms with E-state index in [9.17, 15) is 0 Å². The van der Waals surface area contributed by atoms with Gasteiger partial charge in [0.25, 0.3) is 0 Å². The zero-order chi connectivity index (χ0) is 15.6. The molecule has 0 bridgehead atoms. The number of aromatic nitrogens is 2. The van der Waals surface area contributed by atoms with E-state index >= 15 is 0 Å². The highest BCUT2D eigenvalue weighted by Crippen LogP contribution is 2.33. The molecule has 0 amide bonds. The maximum absolute atomic E-state index is 8.98. The van der Waals surface area contributed by atoms with Gasteiger partial charge in [0.2, 0.25) is 0 Å². The van der Waals surface area contributed by atoms with Crippen molar-refractivity contribution in [3.63, 3.8) is 0 Å². The number of rotatable bonds is 2. The van der Waals surface area contributed by atoms with Crippen LogP contribution in [0.5, 0.6) is 0 Å². The van der Waals surface area contributed by atoms with Crippen LogP contribution in [-0.2, 0) is 7.05 Å². The van der Waals surface area contributed by atoms with Crippen molar-refractivity contribution in [1.82, 2.24) is 4.98 Å². The molecule has 21 heavy (non-hydrogen) atoms. The van der Waals surface area contributed by atoms with Crippen molar-refractivity contribution in [1.29, 1.82) is 5.26 Å². The highest BCUT2D eigenvalue weighted by molar-refractivity contribution is 6.46. The summed E-state index contributed by atoms with van der Waals surface area (Å²) >= 11 is 18.1. The van der Waals surface area contributed by atoms with Gasteiger partial charge >= 0.3 is 0 Å². The normalized spacial score (nSPS) is 11.3. The minimum absolute atomic E-state index is 0.0166. The monoisotopic (exact) mass is 340 g/mol. The van der Waals surface area contributed by atoms with E-state index in [2.05, 4.69) is 10.1 Å². The van der Waals surface area contributed by atoms with E-state index in [1.807, 2.05) is 30.1 Å². The first-order valence-electron chi connectivity index (χ1n) is 5.68. The number of nitriles is 1. The Labute approximate surface area is 136 Å². The number of aryl methyl sites for hydroxylation is 1. The molecule has 0 aliphatic rings. The lowest BCUT2D eigenvalue weighted by Crippen LogP contribution is -2.26.